The molecule has 0 bridgehead atoms. The fourth-order valence-corrected chi connectivity index (χ4v) is 1.54. The van der Waals surface area contributed by atoms with E-state index in [-0.39, 0.29) is 0 Å². The highest BCUT2D eigenvalue weighted by atomic mass is 14.9. The average molecular weight is 204 g/mol. The van der Waals surface area contributed by atoms with E-state index in [1.54, 1.807) is 0 Å². The molecule has 1 aromatic heterocycles. The Morgan fingerprint density at radius 2 is 2.40 bits per heavy atom. The second kappa shape index (κ2) is 7.18. The van der Waals surface area contributed by atoms with Crippen LogP contribution in [0.25, 0.3) is 0 Å². The molecule has 0 aliphatic carbocycles. The third-order valence-corrected chi connectivity index (χ3v) is 2.34. The first kappa shape index (κ1) is 11.9. The Hall–Kier alpha value is -1.15. The van der Waals surface area contributed by atoms with Crippen LogP contribution in [0.15, 0.2) is 37.1 Å². The van der Waals surface area contributed by atoms with Crippen LogP contribution in [0.1, 0.15) is 37.9 Å². The van der Waals surface area contributed by atoms with Gasteiger partial charge in [0.2, 0.25) is 0 Å². The van der Waals surface area contributed by atoms with Gasteiger partial charge in [-0.2, -0.15) is 0 Å². The van der Waals surface area contributed by atoms with Crippen LogP contribution in [0.2, 0.25) is 0 Å². The molecular formula is C13H20N2. The van der Waals surface area contributed by atoms with Gasteiger partial charge >= 0.3 is 0 Å². The van der Waals surface area contributed by atoms with Crippen LogP contribution in [-0.2, 0) is 0 Å². The smallest absolute Gasteiger partial charge is 0.0573 e. The minimum atomic E-state index is 0.365. The second-order valence-corrected chi connectivity index (χ2v) is 3.63. The lowest BCUT2D eigenvalue weighted by Gasteiger charge is -2.16. The maximum atomic E-state index is 4.39. The summed E-state index contributed by atoms with van der Waals surface area (Å²) in [6, 6.07) is 6.44. The maximum Gasteiger partial charge on any atom is 0.0573 e. The van der Waals surface area contributed by atoms with Crippen molar-refractivity contribution in [2.45, 2.75) is 32.2 Å². The van der Waals surface area contributed by atoms with E-state index in [9.17, 15) is 0 Å². The molecule has 1 rings (SSSR count). The van der Waals surface area contributed by atoms with Crippen molar-refractivity contribution in [1.82, 2.24) is 10.3 Å². The van der Waals surface area contributed by atoms with Gasteiger partial charge in [0.1, 0.15) is 0 Å². The Kier molecular flexibility index (Phi) is 5.71. The molecule has 1 unspecified atom stereocenters. The number of pyridine rings is 1. The summed E-state index contributed by atoms with van der Waals surface area (Å²) in [5, 5.41) is 3.51. The summed E-state index contributed by atoms with van der Waals surface area (Å²) < 4.78 is 0. The molecule has 1 aromatic rings. The van der Waals surface area contributed by atoms with Crippen LogP contribution in [0.3, 0.4) is 0 Å². The number of allylic oxidation sites excluding steroid dienone is 1. The molecule has 0 amide bonds. The van der Waals surface area contributed by atoms with Crippen molar-refractivity contribution in [3.05, 3.63) is 42.7 Å². The summed E-state index contributed by atoms with van der Waals surface area (Å²) in [4.78, 5) is 4.39. The Labute approximate surface area is 92.4 Å². The summed E-state index contributed by atoms with van der Waals surface area (Å²) in [7, 11) is 0. The molecular weight excluding hydrogens is 184 g/mol. The van der Waals surface area contributed by atoms with Crippen LogP contribution in [-0.4, -0.2) is 11.5 Å². The van der Waals surface area contributed by atoms with Gasteiger partial charge in [0.25, 0.3) is 0 Å². The van der Waals surface area contributed by atoms with Crippen molar-refractivity contribution in [3.8, 4) is 0 Å². The molecule has 82 valence electrons. The van der Waals surface area contributed by atoms with Crippen molar-refractivity contribution in [2.75, 3.05) is 6.54 Å². The van der Waals surface area contributed by atoms with Gasteiger partial charge in [-0.1, -0.05) is 19.1 Å². The van der Waals surface area contributed by atoms with Gasteiger partial charge in [0, 0.05) is 12.2 Å². The van der Waals surface area contributed by atoms with E-state index in [4.69, 9.17) is 0 Å². The van der Waals surface area contributed by atoms with Gasteiger partial charge in [-0.3, -0.25) is 4.98 Å². The molecule has 1 heterocycles. The number of nitrogens with one attached hydrogen (secondary N) is 1. The molecule has 0 radical (unpaired) electrons. The second-order valence-electron chi connectivity index (χ2n) is 3.63. The first-order valence-corrected chi connectivity index (χ1v) is 5.63. The summed E-state index contributed by atoms with van der Waals surface area (Å²) in [6.07, 6.45) is 7.06. The average Bonchev–Trinajstić information content (AvgIpc) is 2.30. The predicted molar refractivity (Wildman–Crippen MR) is 64.7 cm³/mol. The lowest BCUT2D eigenvalue weighted by Crippen LogP contribution is -2.22. The zero-order valence-electron chi connectivity index (χ0n) is 9.45. The number of aromatic nitrogens is 1. The van der Waals surface area contributed by atoms with Crippen LogP contribution < -0.4 is 5.32 Å². The summed E-state index contributed by atoms with van der Waals surface area (Å²) in [5.41, 5.74) is 1.13. The quantitative estimate of drug-likeness (QED) is 0.690. The van der Waals surface area contributed by atoms with Crippen molar-refractivity contribution < 1.29 is 0 Å². The van der Waals surface area contributed by atoms with Crippen molar-refractivity contribution in [2.24, 2.45) is 0 Å². The number of hydrogen-bond donors (Lipinski definition) is 1. The van der Waals surface area contributed by atoms with Crippen molar-refractivity contribution in [3.63, 3.8) is 0 Å². The van der Waals surface area contributed by atoms with Crippen LogP contribution in [0, 0.1) is 0 Å². The van der Waals surface area contributed by atoms with Gasteiger partial charge in [0.15, 0.2) is 0 Å². The Balaban J connectivity index is 2.58. The number of rotatable bonds is 7. The van der Waals surface area contributed by atoms with E-state index in [1.807, 2.05) is 24.4 Å². The molecule has 1 N–H and O–H groups in total. The molecule has 0 aliphatic heterocycles. The molecule has 15 heavy (non-hydrogen) atoms. The Bertz CT molecular complexity index is 269. The molecule has 0 saturated heterocycles. The van der Waals surface area contributed by atoms with Crippen molar-refractivity contribution in [1.29, 1.82) is 0 Å². The largest absolute Gasteiger partial charge is 0.309 e. The van der Waals surface area contributed by atoms with E-state index in [2.05, 4.69) is 29.9 Å². The molecule has 1 atom stereocenters. The van der Waals surface area contributed by atoms with Gasteiger partial charge in [0.05, 0.1) is 5.69 Å². The number of hydrogen-bond acceptors (Lipinski definition) is 2. The molecule has 0 aromatic carbocycles. The predicted octanol–water partition coefficient (Wildman–Crippen LogP) is 3.09. The lowest BCUT2D eigenvalue weighted by atomic mass is 10.1. The van der Waals surface area contributed by atoms with E-state index < -0.39 is 0 Å². The van der Waals surface area contributed by atoms with Gasteiger partial charge in [-0.25, -0.2) is 0 Å². The highest BCUT2D eigenvalue weighted by Crippen LogP contribution is 2.15. The van der Waals surface area contributed by atoms with E-state index >= 15 is 0 Å². The first-order valence-electron chi connectivity index (χ1n) is 5.63. The van der Waals surface area contributed by atoms with Gasteiger partial charge < -0.3 is 5.32 Å². The molecule has 0 fully saturated rings. The van der Waals surface area contributed by atoms with Crippen LogP contribution in [0.5, 0.6) is 0 Å². The Morgan fingerprint density at radius 1 is 1.53 bits per heavy atom. The van der Waals surface area contributed by atoms with Crippen molar-refractivity contribution >= 4 is 0 Å². The van der Waals surface area contributed by atoms with Crippen LogP contribution >= 0.6 is 0 Å². The highest BCUT2D eigenvalue weighted by molar-refractivity contribution is 5.08. The lowest BCUT2D eigenvalue weighted by molar-refractivity contribution is 0.492. The van der Waals surface area contributed by atoms with Crippen LogP contribution in [0.4, 0.5) is 0 Å². The Morgan fingerprint density at radius 3 is 3.00 bits per heavy atom. The molecule has 0 spiro atoms. The number of nitrogens with zero attached hydrogens (tertiary/aromatic N) is 1. The molecule has 2 nitrogen and oxygen atoms in total. The third-order valence-electron chi connectivity index (χ3n) is 2.34. The maximum absolute atomic E-state index is 4.39. The summed E-state index contributed by atoms with van der Waals surface area (Å²) in [5.74, 6) is 0. The van der Waals surface area contributed by atoms with E-state index in [1.165, 1.54) is 0 Å². The first-order chi connectivity index (χ1) is 7.38. The normalized spacial score (nSPS) is 12.3. The highest BCUT2D eigenvalue weighted by Gasteiger charge is 2.09. The fraction of sp³-hybridized carbons (Fsp3) is 0.462. The topological polar surface area (TPSA) is 24.9 Å². The summed E-state index contributed by atoms with van der Waals surface area (Å²) in [6.45, 7) is 6.98. The summed E-state index contributed by atoms with van der Waals surface area (Å²) >= 11 is 0. The third kappa shape index (κ3) is 4.26. The van der Waals surface area contributed by atoms with E-state index in [0.717, 1.165) is 31.5 Å². The molecule has 0 saturated carbocycles. The monoisotopic (exact) mass is 204 g/mol. The minimum Gasteiger partial charge on any atom is -0.309 e. The zero-order valence-corrected chi connectivity index (χ0v) is 9.45. The minimum absolute atomic E-state index is 0.365. The van der Waals surface area contributed by atoms with E-state index in [0.29, 0.717) is 6.04 Å². The van der Waals surface area contributed by atoms with Gasteiger partial charge in [-0.05, 0) is 37.9 Å². The SMILES string of the molecule is C=CCCC(NCCC)c1ccccn1. The molecule has 2 heteroatoms. The standard InChI is InChI=1S/C13H20N2/c1-3-5-8-12(14-10-4-2)13-9-6-7-11-15-13/h3,6-7,9,11-12,14H,1,4-5,8,10H2,2H3. The fourth-order valence-electron chi connectivity index (χ4n) is 1.54. The zero-order chi connectivity index (χ0) is 10.9. The molecule has 0 aliphatic rings. The van der Waals surface area contributed by atoms with Gasteiger partial charge in [-0.15, -0.1) is 6.58 Å².